The van der Waals surface area contributed by atoms with Crippen LogP contribution < -0.4 is 4.74 Å². The van der Waals surface area contributed by atoms with Gasteiger partial charge in [0.2, 0.25) is 0 Å². The molecule has 0 radical (unpaired) electrons. The number of ether oxygens (including phenoxy) is 2. The lowest BCUT2D eigenvalue weighted by molar-refractivity contribution is -0.152. The summed E-state index contributed by atoms with van der Waals surface area (Å²) in [6.07, 6.45) is -0.737. The van der Waals surface area contributed by atoms with Gasteiger partial charge in [0.15, 0.2) is 14.4 Å². The normalized spacial score (nSPS) is 13.2. The minimum absolute atomic E-state index is 0.319. The van der Waals surface area contributed by atoms with Gasteiger partial charge in [-0.2, -0.15) is 0 Å². The van der Waals surface area contributed by atoms with Crippen LogP contribution in [0.25, 0.3) is 0 Å². The Kier molecular flexibility index (Phi) is 10.2. The predicted octanol–water partition coefficient (Wildman–Crippen LogP) is 6.23. The van der Waals surface area contributed by atoms with Gasteiger partial charge in [0.1, 0.15) is 5.75 Å². The molecule has 1 aromatic carbocycles. The van der Waals surface area contributed by atoms with Crippen molar-refractivity contribution in [2.75, 3.05) is 13.7 Å². The van der Waals surface area contributed by atoms with E-state index in [4.69, 9.17) is 13.9 Å². The smallest absolute Gasteiger partial charge is 0.338 e. The molecular formula is C23H40O4Si. The Morgan fingerprint density at radius 3 is 1.86 bits per heavy atom. The van der Waals surface area contributed by atoms with Gasteiger partial charge in [0.25, 0.3) is 0 Å². The number of benzene rings is 1. The zero-order chi connectivity index (χ0) is 21.3. The molecule has 0 spiro atoms. The first kappa shape index (κ1) is 24.7. The summed E-state index contributed by atoms with van der Waals surface area (Å²) >= 11 is 0. The van der Waals surface area contributed by atoms with Crippen molar-refractivity contribution < 1.29 is 18.7 Å². The molecule has 160 valence electrons. The average molecular weight is 409 g/mol. The summed E-state index contributed by atoms with van der Waals surface area (Å²) in [7, 11) is -0.587. The van der Waals surface area contributed by atoms with Crippen molar-refractivity contribution >= 4 is 14.3 Å². The molecule has 1 rings (SSSR count). The van der Waals surface area contributed by atoms with E-state index in [1.54, 1.807) is 7.11 Å². The SMILES string of the molecule is CCOC(=O)C(O[Si](CC(C)C)(CC(C)C)CC(C)C)c1ccccc1OC. The average Bonchev–Trinajstić information content (AvgIpc) is 2.58. The second-order valence-electron chi connectivity index (χ2n) is 8.97. The van der Waals surface area contributed by atoms with Crippen LogP contribution in [0, 0.1) is 17.8 Å². The van der Waals surface area contributed by atoms with Gasteiger partial charge in [0, 0.05) is 5.56 Å². The topological polar surface area (TPSA) is 44.8 Å². The number of hydrogen-bond acceptors (Lipinski definition) is 4. The van der Waals surface area contributed by atoms with E-state index in [1.807, 2.05) is 31.2 Å². The summed E-state index contributed by atoms with van der Waals surface area (Å²) in [5.74, 6) is 1.90. The third-order valence-corrected chi connectivity index (χ3v) is 10.0. The lowest BCUT2D eigenvalue weighted by Crippen LogP contribution is -2.44. The van der Waals surface area contributed by atoms with Crippen LogP contribution >= 0.6 is 0 Å². The number of para-hydroxylation sites is 1. The maximum atomic E-state index is 13.0. The van der Waals surface area contributed by atoms with E-state index >= 15 is 0 Å². The number of esters is 1. The molecule has 0 aliphatic heterocycles. The quantitative estimate of drug-likeness (QED) is 0.304. The fourth-order valence-corrected chi connectivity index (χ4v) is 10.2. The molecule has 5 heteroatoms. The van der Waals surface area contributed by atoms with Crippen molar-refractivity contribution in [1.29, 1.82) is 0 Å². The molecule has 4 nitrogen and oxygen atoms in total. The minimum Gasteiger partial charge on any atom is -0.496 e. The van der Waals surface area contributed by atoms with Crippen LogP contribution in [-0.4, -0.2) is 28.0 Å². The minimum atomic E-state index is -2.21. The van der Waals surface area contributed by atoms with Crippen LogP contribution in [0.5, 0.6) is 5.75 Å². The summed E-state index contributed by atoms with van der Waals surface area (Å²) in [4.78, 5) is 13.0. The number of rotatable bonds is 12. The highest BCUT2D eigenvalue weighted by Crippen LogP contribution is 2.39. The van der Waals surface area contributed by atoms with Gasteiger partial charge in [-0.25, -0.2) is 4.79 Å². The van der Waals surface area contributed by atoms with Crippen molar-refractivity contribution in [2.24, 2.45) is 17.8 Å². The molecule has 28 heavy (non-hydrogen) atoms. The van der Waals surface area contributed by atoms with E-state index in [0.717, 1.165) is 23.7 Å². The van der Waals surface area contributed by atoms with Crippen LogP contribution in [0.3, 0.4) is 0 Å². The summed E-state index contributed by atoms with van der Waals surface area (Å²) in [6.45, 7) is 15.6. The highest BCUT2D eigenvalue weighted by atomic mass is 28.4. The lowest BCUT2D eigenvalue weighted by Gasteiger charge is -2.38. The van der Waals surface area contributed by atoms with Gasteiger partial charge >= 0.3 is 5.97 Å². The number of carbonyl (C=O) groups excluding carboxylic acids is 1. The Morgan fingerprint density at radius 2 is 1.43 bits per heavy atom. The molecule has 1 aromatic rings. The van der Waals surface area contributed by atoms with Gasteiger partial charge in [-0.15, -0.1) is 0 Å². The van der Waals surface area contributed by atoms with E-state index in [0.29, 0.717) is 30.1 Å². The summed E-state index contributed by atoms with van der Waals surface area (Å²) in [5, 5.41) is 0. The Bertz CT molecular complexity index is 571. The molecule has 0 saturated heterocycles. The molecule has 0 bridgehead atoms. The highest BCUT2D eigenvalue weighted by molar-refractivity contribution is 6.74. The van der Waals surface area contributed by atoms with Crippen molar-refractivity contribution in [1.82, 2.24) is 0 Å². The van der Waals surface area contributed by atoms with E-state index in [2.05, 4.69) is 41.5 Å². The van der Waals surface area contributed by atoms with Crippen molar-refractivity contribution in [3.63, 3.8) is 0 Å². The fourth-order valence-electron chi connectivity index (χ4n) is 4.22. The molecule has 0 heterocycles. The zero-order valence-electron chi connectivity index (χ0n) is 19.1. The molecule has 0 N–H and O–H groups in total. The lowest BCUT2D eigenvalue weighted by atomic mass is 10.1. The number of hydrogen-bond donors (Lipinski definition) is 0. The Labute approximate surface area is 173 Å². The first-order valence-electron chi connectivity index (χ1n) is 10.6. The Hall–Kier alpha value is -1.33. The maximum Gasteiger partial charge on any atom is 0.338 e. The third-order valence-electron chi connectivity index (χ3n) is 4.63. The van der Waals surface area contributed by atoms with E-state index in [9.17, 15) is 4.79 Å². The first-order valence-corrected chi connectivity index (χ1v) is 13.1. The maximum absolute atomic E-state index is 13.0. The zero-order valence-corrected chi connectivity index (χ0v) is 20.1. The fraction of sp³-hybridized carbons (Fsp3) is 0.696. The molecule has 0 aromatic heterocycles. The summed E-state index contributed by atoms with van der Waals surface area (Å²) in [5.41, 5.74) is 0.761. The van der Waals surface area contributed by atoms with Gasteiger partial charge in [-0.1, -0.05) is 59.7 Å². The number of carbonyl (C=O) groups is 1. The van der Waals surface area contributed by atoms with Crippen LogP contribution in [0.4, 0.5) is 0 Å². The summed E-state index contributed by atoms with van der Waals surface area (Å²) in [6, 6.07) is 10.7. The first-order chi connectivity index (χ1) is 13.1. The van der Waals surface area contributed by atoms with Crippen molar-refractivity contribution in [3.05, 3.63) is 29.8 Å². The molecule has 0 fully saturated rings. The number of methoxy groups -OCH3 is 1. The molecule has 0 amide bonds. The van der Waals surface area contributed by atoms with Gasteiger partial charge in [-0.3, -0.25) is 0 Å². The second kappa shape index (κ2) is 11.6. The monoisotopic (exact) mass is 408 g/mol. The molecule has 0 aliphatic carbocycles. The van der Waals surface area contributed by atoms with Crippen LogP contribution in [0.15, 0.2) is 24.3 Å². The van der Waals surface area contributed by atoms with Crippen LogP contribution in [-0.2, 0) is 14.0 Å². The van der Waals surface area contributed by atoms with E-state index < -0.39 is 14.4 Å². The van der Waals surface area contributed by atoms with Crippen LogP contribution in [0.1, 0.15) is 60.1 Å². The largest absolute Gasteiger partial charge is 0.496 e. The van der Waals surface area contributed by atoms with Crippen LogP contribution in [0.2, 0.25) is 18.1 Å². The molecule has 1 atom stereocenters. The molecular weight excluding hydrogens is 368 g/mol. The molecule has 1 unspecified atom stereocenters. The highest BCUT2D eigenvalue weighted by Gasteiger charge is 2.42. The predicted molar refractivity (Wildman–Crippen MR) is 118 cm³/mol. The molecule has 0 aliphatic rings. The van der Waals surface area contributed by atoms with E-state index in [1.165, 1.54) is 0 Å². The Morgan fingerprint density at radius 1 is 0.929 bits per heavy atom. The Balaban J connectivity index is 3.43. The van der Waals surface area contributed by atoms with Gasteiger partial charge < -0.3 is 13.9 Å². The van der Waals surface area contributed by atoms with Gasteiger partial charge in [-0.05, 0) is 48.9 Å². The summed E-state index contributed by atoms with van der Waals surface area (Å²) < 4.78 is 17.9. The van der Waals surface area contributed by atoms with Crippen molar-refractivity contribution in [3.8, 4) is 5.75 Å². The van der Waals surface area contributed by atoms with Crippen molar-refractivity contribution in [2.45, 2.75) is 72.7 Å². The van der Waals surface area contributed by atoms with Gasteiger partial charge in [0.05, 0.1) is 13.7 Å². The third kappa shape index (κ3) is 7.59. The second-order valence-corrected chi connectivity index (χ2v) is 12.8. The van der Waals surface area contributed by atoms with E-state index in [-0.39, 0.29) is 5.97 Å². The standard InChI is InChI=1S/C23H40O4Si/c1-9-26-23(24)22(20-12-10-11-13-21(20)25-8)27-28(14-17(2)3,15-18(4)5)16-19(6)7/h10-13,17-19,22H,9,14-16H2,1-8H3. The molecule has 0 saturated carbocycles.